The highest BCUT2D eigenvalue weighted by Crippen LogP contribution is 2.14. The normalized spacial score (nSPS) is 12.5. The number of anilines is 1. The predicted octanol–water partition coefficient (Wildman–Crippen LogP) is 1.07. The smallest absolute Gasteiger partial charge is 0.218 e. The lowest BCUT2D eigenvalue weighted by Crippen LogP contribution is -2.26. The highest BCUT2D eigenvalue weighted by molar-refractivity contribution is 5.38. The van der Waals surface area contributed by atoms with Crippen molar-refractivity contribution in [1.29, 1.82) is 0 Å². The van der Waals surface area contributed by atoms with Crippen LogP contribution in [0.5, 0.6) is 5.88 Å². The summed E-state index contributed by atoms with van der Waals surface area (Å²) in [6.07, 6.45) is 2.11. The Bertz CT molecular complexity index is 341. The molecule has 1 aromatic rings. The van der Waals surface area contributed by atoms with E-state index >= 15 is 0 Å². The zero-order valence-electron chi connectivity index (χ0n) is 11.1. The van der Waals surface area contributed by atoms with E-state index in [0.29, 0.717) is 24.7 Å². The lowest BCUT2D eigenvalue weighted by atomic mass is 10.2. The molecule has 0 aromatic carbocycles. The summed E-state index contributed by atoms with van der Waals surface area (Å²) in [5, 5.41) is 12.1. The molecule has 0 aliphatic heterocycles. The topological polar surface area (TPSA) is 76.5 Å². The van der Waals surface area contributed by atoms with Crippen molar-refractivity contribution in [1.82, 2.24) is 9.97 Å². The van der Waals surface area contributed by atoms with E-state index in [1.807, 2.05) is 13.8 Å². The second-order valence-electron chi connectivity index (χ2n) is 4.22. The Balaban J connectivity index is 2.64. The van der Waals surface area contributed by atoms with Gasteiger partial charge in [0.05, 0.1) is 18.8 Å². The van der Waals surface area contributed by atoms with E-state index in [1.165, 1.54) is 6.33 Å². The Morgan fingerprint density at radius 3 is 2.78 bits per heavy atom. The van der Waals surface area contributed by atoms with E-state index in [-0.39, 0.29) is 18.8 Å². The van der Waals surface area contributed by atoms with E-state index in [4.69, 9.17) is 14.6 Å². The summed E-state index contributed by atoms with van der Waals surface area (Å²) < 4.78 is 10.6. The molecule has 0 aliphatic carbocycles. The Labute approximate surface area is 107 Å². The fourth-order valence-electron chi connectivity index (χ4n) is 1.49. The first kappa shape index (κ1) is 14.7. The van der Waals surface area contributed by atoms with Gasteiger partial charge in [-0.15, -0.1) is 0 Å². The lowest BCUT2D eigenvalue weighted by Gasteiger charge is -2.17. The van der Waals surface area contributed by atoms with Crippen LogP contribution in [-0.4, -0.2) is 47.5 Å². The number of hydrogen-bond acceptors (Lipinski definition) is 6. The van der Waals surface area contributed by atoms with Crippen LogP contribution in [0.4, 0.5) is 5.82 Å². The molecule has 102 valence electrons. The van der Waals surface area contributed by atoms with Crippen molar-refractivity contribution in [3.8, 4) is 5.88 Å². The van der Waals surface area contributed by atoms with Gasteiger partial charge in [-0.3, -0.25) is 0 Å². The number of methoxy groups -OCH3 is 1. The maximum atomic E-state index is 8.96. The molecule has 6 nitrogen and oxygen atoms in total. The van der Waals surface area contributed by atoms with Gasteiger partial charge < -0.3 is 19.9 Å². The van der Waals surface area contributed by atoms with Crippen molar-refractivity contribution in [2.24, 2.45) is 0 Å². The Kier molecular flexibility index (Phi) is 6.38. The molecular weight excluding hydrogens is 234 g/mol. The van der Waals surface area contributed by atoms with Gasteiger partial charge in [-0.2, -0.15) is 0 Å². The van der Waals surface area contributed by atoms with E-state index in [1.54, 1.807) is 13.2 Å². The van der Waals surface area contributed by atoms with Crippen LogP contribution in [0.2, 0.25) is 0 Å². The number of aliphatic hydroxyl groups is 1. The van der Waals surface area contributed by atoms with Crippen LogP contribution in [0.3, 0.4) is 0 Å². The number of aromatic nitrogens is 2. The molecule has 2 N–H and O–H groups in total. The zero-order chi connectivity index (χ0) is 13.4. The molecule has 0 spiro atoms. The van der Waals surface area contributed by atoms with E-state index < -0.39 is 0 Å². The summed E-state index contributed by atoms with van der Waals surface area (Å²) in [5.41, 5.74) is 0. The number of nitrogens with zero attached hydrogens (tertiary/aromatic N) is 2. The summed E-state index contributed by atoms with van der Waals surface area (Å²) in [5.74, 6) is 1.19. The van der Waals surface area contributed by atoms with Crippen molar-refractivity contribution >= 4 is 5.82 Å². The highest BCUT2D eigenvalue weighted by Gasteiger charge is 2.09. The fourth-order valence-corrected chi connectivity index (χ4v) is 1.49. The van der Waals surface area contributed by atoms with Gasteiger partial charge in [-0.05, 0) is 20.3 Å². The molecule has 0 saturated heterocycles. The Morgan fingerprint density at radius 2 is 2.17 bits per heavy atom. The molecule has 0 saturated carbocycles. The number of hydrogen-bond donors (Lipinski definition) is 2. The average Bonchev–Trinajstić information content (AvgIpc) is 2.29. The monoisotopic (exact) mass is 255 g/mol. The fraction of sp³-hybridized carbons (Fsp3) is 0.667. The van der Waals surface area contributed by atoms with Crippen molar-refractivity contribution in [3.63, 3.8) is 0 Å². The molecule has 0 amide bonds. The second-order valence-corrected chi connectivity index (χ2v) is 4.22. The molecule has 0 bridgehead atoms. The molecule has 18 heavy (non-hydrogen) atoms. The summed E-state index contributed by atoms with van der Waals surface area (Å²) in [6.45, 7) is 4.48. The third kappa shape index (κ3) is 5.29. The lowest BCUT2D eigenvalue weighted by molar-refractivity contribution is 0.170. The van der Waals surface area contributed by atoms with Gasteiger partial charge in [0, 0.05) is 19.8 Å². The molecule has 1 atom stereocenters. The number of rotatable bonds is 8. The third-order valence-electron chi connectivity index (χ3n) is 2.20. The third-order valence-corrected chi connectivity index (χ3v) is 2.20. The Hall–Kier alpha value is -1.40. The van der Waals surface area contributed by atoms with Gasteiger partial charge in [-0.25, -0.2) is 9.97 Å². The molecule has 6 heteroatoms. The molecule has 1 heterocycles. The van der Waals surface area contributed by atoms with E-state index in [0.717, 1.165) is 0 Å². The van der Waals surface area contributed by atoms with Gasteiger partial charge in [-0.1, -0.05) is 0 Å². The maximum Gasteiger partial charge on any atom is 0.218 e. The Morgan fingerprint density at radius 1 is 1.39 bits per heavy atom. The van der Waals surface area contributed by atoms with Crippen LogP contribution in [0.25, 0.3) is 0 Å². The molecule has 0 fully saturated rings. The molecule has 0 radical (unpaired) electrons. The first-order chi connectivity index (χ1) is 8.65. The van der Waals surface area contributed by atoms with Gasteiger partial charge >= 0.3 is 0 Å². The van der Waals surface area contributed by atoms with Gasteiger partial charge in [0.15, 0.2) is 0 Å². The number of nitrogens with one attached hydrogen (secondary N) is 1. The van der Waals surface area contributed by atoms with Crippen molar-refractivity contribution < 1.29 is 14.6 Å². The van der Waals surface area contributed by atoms with E-state index in [2.05, 4.69) is 15.3 Å². The van der Waals surface area contributed by atoms with Gasteiger partial charge in [0.2, 0.25) is 5.88 Å². The standard InChI is InChI=1S/C12H21N3O3/c1-9(2)18-12-6-11(13-8-14-12)15-10(4-5-16)7-17-3/h6,8-10,16H,4-5,7H2,1-3H3,(H,13,14,15). The van der Waals surface area contributed by atoms with Gasteiger partial charge in [0.1, 0.15) is 12.1 Å². The van der Waals surface area contributed by atoms with E-state index in [9.17, 15) is 0 Å². The summed E-state index contributed by atoms with van der Waals surface area (Å²) in [6, 6.07) is 1.75. The number of aliphatic hydroxyl groups excluding tert-OH is 1. The predicted molar refractivity (Wildman–Crippen MR) is 68.8 cm³/mol. The molecule has 0 aliphatic rings. The summed E-state index contributed by atoms with van der Waals surface area (Å²) in [7, 11) is 1.62. The zero-order valence-corrected chi connectivity index (χ0v) is 11.1. The maximum absolute atomic E-state index is 8.96. The second kappa shape index (κ2) is 7.84. The average molecular weight is 255 g/mol. The largest absolute Gasteiger partial charge is 0.475 e. The molecule has 1 rings (SSSR count). The minimum Gasteiger partial charge on any atom is -0.475 e. The molecular formula is C12H21N3O3. The van der Waals surface area contributed by atoms with Crippen LogP contribution in [-0.2, 0) is 4.74 Å². The first-order valence-corrected chi connectivity index (χ1v) is 6.00. The van der Waals surface area contributed by atoms with Gasteiger partial charge in [0.25, 0.3) is 0 Å². The SMILES string of the molecule is COCC(CCO)Nc1cc(OC(C)C)ncn1. The quantitative estimate of drug-likeness (QED) is 0.723. The van der Waals surface area contributed by atoms with Crippen LogP contribution in [0.1, 0.15) is 20.3 Å². The summed E-state index contributed by atoms with van der Waals surface area (Å²) in [4.78, 5) is 8.14. The van der Waals surface area contributed by atoms with Crippen LogP contribution >= 0.6 is 0 Å². The number of ether oxygens (including phenoxy) is 2. The minimum atomic E-state index is 0.0156. The highest BCUT2D eigenvalue weighted by atomic mass is 16.5. The summed E-state index contributed by atoms with van der Waals surface area (Å²) >= 11 is 0. The molecule has 1 unspecified atom stereocenters. The van der Waals surface area contributed by atoms with Crippen LogP contribution in [0.15, 0.2) is 12.4 Å². The van der Waals surface area contributed by atoms with Crippen molar-refractivity contribution in [2.45, 2.75) is 32.4 Å². The van der Waals surface area contributed by atoms with Crippen molar-refractivity contribution in [3.05, 3.63) is 12.4 Å². The van der Waals surface area contributed by atoms with Crippen molar-refractivity contribution in [2.75, 3.05) is 25.6 Å². The van der Waals surface area contributed by atoms with Crippen LogP contribution < -0.4 is 10.1 Å². The van der Waals surface area contributed by atoms with Crippen LogP contribution in [0, 0.1) is 0 Å². The first-order valence-electron chi connectivity index (χ1n) is 6.00. The molecule has 1 aromatic heterocycles. The minimum absolute atomic E-state index is 0.0156.